The van der Waals surface area contributed by atoms with Crippen molar-refractivity contribution in [3.63, 3.8) is 0 Å². The molecule has 0 saturated heterocycles. The summed E-state index contributed by atoms with van der Waals surface area (Å²) < 4.78 is 33.5. The summed E-state index contributed by atoms with van der Waals surface area (Å²) in [7, 11) is -3.55. The van der Waals surface area contributed by atoms with Crippen LogP contribution in [0.1, 0.15) is 45.4 Å². The molecule has 27 heavy (non-hydrogen) atoms. The van der Waals surface area contributed by atoms with Crippen molar-refractivity contribution in [1.82, 2.24) is 4.90 Å². The molecule has 0 N–H and O–H groups in total. The van der Waals surface area contributed by atoms with Crippen LogP contribution in [0.4, 0.5) is 0 Å². The van der Waals surface area contributed by atoms with Crippen molar-refractivity contribution >= 4 is 16.0 Å². The van der Waals surface area contributed by atoms with Crippen LogP contribution in [0, 0.1) is 5.41 Å². The summed E-state index contributed by atoms with van der Waals surface area (Å²) >= 11 is 0. The van der Waals surface area contributed by atoms with E-state index in [1.165, 1.54) is 6.92 Å². The van der Waals surface area contributed by atoms with E-state index in [1.54, 1.807) is 41.5 Å². The smallest absolute Gasteiger partial charge is 0.308 e. The van der Waals surface area contributed by atoms with E-state index in [-0.39, 0.29) is 22.8 Å². The number of hydrogen-bond donors (Lipinski definition) is 0. The van der Waals surface area contributed by atoms with E-state index in [4.69, 9.17) is 8.60 Å². The number of hydrogen-bond acceptors (Lipinski definition) is 5. The fourth-order valence-corrected chi connectivity index (χ4v) is 2.99. The Kier molecular flexibility index (Phi) is 6.70. The summed E-state index contributed by atoms with van der Waals surface area (Å²) in [5.41, 5.74) is 0.759. The van der Waals surface area contributed by atoms with Crippen molar-refractivity contribution in [3.8, 4) is 5.75 Å². The Hall–Kier alpha value is -2.28. The molecule has 0 unspecified atom stereocenters. The van der Waals surface area contributed by atoms with Crippen LogP contribution in [-0.2, 0) is 28.0 Å². The minimum atomic E-state index is -3.55. The standard InChI is InChI=1S/C20H27NO5S/c1-5-27(23,24)26-17-10-8-16(9-11-17)14-21(15-18-7-6-12-25-18)19(22)13-20(2,3)4/h6-12H,5,13-15H2,1-4H3. The van der Waals surface area contributed by atoms with Crippen molar-refractivity contribution < 1.29 is 21.8 Å². The Balaban J connectivity index is 2.13. The molecule has 7 heteroatoms. The zero-order valence-electron chi connectivity index (χ0n) is 16.3. The summed E-state index contributed by atoms with van der Waals surface area (Å²) in [6.45, 7) is 8.38. The molecular formula is C20H27NO5S. The first-order valence-corrected chi connectivity index (χ1v) is 10.5. The second kappa shape index (κ2) is 8.61. The van der Waals surface area contributed by atoms with Crippen molar-refractivity contribution in [2.45, 2.75) is 47.2 Å². The first kappa shape index (κ1) is 21.0. The van der Waals surface area contributed by atoms with Crippen LogP contribution >= 0.6 is 0 Å². The largest absolute Gasteiger partial charge is 0.467 e. The SMILES string of the molecule is CCS(=O)(=O)Oc1ccc(CN(Cc2ccco2)C(=O)CC(C)(C)C)cc1. The van der Waals surface area contributed by atoms with Crippen molar-refractivity contribution in [3.05, 3.63) is 54.0 Å². The predicted octanol–water partition coefficient (Wildman–Crippen LogP) is 3.97. The molecule has 0 aliphatic heterocycles. The van der Waals surface area contributed by atoms with Gasteiger partial charge in [-0.1, -0.05) is 32.9 Å². The molecule has 2 aromatic rings. The zero-order valence-corrected chi connectivity index (χ0v) is 17.1. The van der Waals surface area contributed by atoms with Gasteiger partial charge in [0, 0.05) is 13.0 Å². The molecule has 0 saturated carbocycles. The van der Waals surface area contributed by atoms with E-state index in [0.717, 1.165) is 5.56 Å². The van der Waals surface area contributed by atoms with Crippen LogP contribution in [0.3, 0.4) is 0 Å². The second-order valence-electron chi connectivity index (χ2n) is 7.64. The molecule has 0 radical (unpaired) electrons. The zero-order chi connectivity index (χ0) is 20.1. The summed E-state index contributed by atoms with van der Waals surface area (Å²) in [5, 5.41) is 0. The number of amides is 1. The lowest BCUT2D eigenvalue weighted by Gasteiger charge is -2.26. The van der Waals surface area contributed by atoms with E-state index in [9.17, 15) is 13.2 Å². The topological polar surface area (TPSA) is 76.8 Å². The molecule has 0 bridgehead atoms. The molecule has 0 aliphatic rings. The van der Waals surface area contributed by atoms with Gasteiger partial charge in [-0.15, -0.1) is 0 Å². The first-order chi connectivity index (χ1) is 12.6. The number of nitrogens with zero attached hydrogens (tertiary/aromatic N) is 1. The first-order valence-electron chi connectivity index (χ1n) is 8.89. The Labute approximate surface area is 161 Å². The van der Waals surface area contributed by atoms with Crippen LogP contribution in [0.15, 0.2) is 47.1 Å². The third-order valence-electron chi connectivity index (χ3n) is 3.83. The highest BCUT2D eigenvalue weighted by atomic mass is 32.2. The molecule has 0 spiro atoms. The summed E-state index contributed by atoms with van der Waals surface area (Å²) in [6.07, 6.45) is 2.01. The molecule has 0 fully saturated rings. The lowest BCUT2D eigenvalue weighted by atomic mass is 9.91. The van der Waals surface area contributed by atoms with Gasteiger partial charge in [-0.05, 0) is 42.2 Å². The minimum Gasteiger partial charge on any atom is -0.467 e. The van der Waals surface area contributed by atoms with Gasteiger partial charge >= 0.3 is 10.1 Å². The van der Waals surface area contributed by atoms with Crippen molar-refractivity contribution in [2.75, 3.05) is 5.75 Å². The minimum absolute atomic E-state index is 0.0350. The highest BCUT2D eigenvalue weighted by Crippen LogP contribution is 2.23. The van der Waals surface area contributed by atoms with Gasteiger partial charge in [0.05, 0.1) is 18.6 Å². The Morgan fingerprint density at radius 1 is 1.11 bits per heavy atom. The lowest BCUT2D eigenvalue weighted by Crippen LogP contribution is -2.32. The Morgan fingerprint density at radius 2 is 1.78 bits per heavy atom. The number of furan rings is 1. The Bertz CT molecular complexity index is 833. The maximum absolute atomic E-state index is 12.8. The summed E-state index contributed by atoms with van der Waals surface area (Å²) in [4.78, 5) is 14.5. The third kappa shape index (κ3) is 7.09. The van der Waals surface area contributed by atoms with Crippen LogP contribution in [0.25, 0.3) is 0 Å². The average Bonchev–Trinajstić information content (AvgIpc) is 3.07. The fourth-order valence-electron chi connectivity index (χ4n) is 2.46. The number of carbonyl (C=O) groups excluding carboxylic acids is 1. The predicted molar refractivity (Wildman–Crippen MR) is 104 cm³/mol. The van der Waals surface area contributed by atoms with Crippen LogP contribution in [0.5, 0.6) is 5.75 Å². The maximum atomic E-state index is 12.8. The molecule has 1 aromatic heterocycles. The van der Waals surface area contributed by atoms with Gasteiger partial charge in [-0.3, -0.25) is 4.79 Å². The van der Waals surface area contributed by atoms with Gasteiger partial charge in [0.2, 0.25) is 5.91 Å². The molecule has 1 heterocycles. The van der Waals surface area contributed by atoms with Gasteiger partial charge in [-0.2, -0.15) is 8.42 Å². The second-order valence-corrected chi connectivity index (χ2v) is 9.50. The van der Waals surface area contributed by atoms with E-state index >= 15 is 0 Å². The normalized spacial score (nSPS) is 12.0. The van der Waals surface area contributed by atoms with Crippen LogP contribution < -0.4 is 4.18 Å². The molecule has 148 valence electrons. The number of carbonyl (C=O) groups is 1. The van der Waals surface area contributed by atoms with Gasteiger partial charge in [0.15, 0.2) is 0 Å². The molecule has 0 aliphatic carbocycles. The fraction of sp³-hybridized carbons (Fsp3) is 0.450. The number of benzene rings is 1. The van der Waals surface area contributed by atoms with E-state index in [0.29, 0.717) is 25.3 Å². The van der Waals surface area contributed by atoms with E-state index in [1.807, 2.05) is 26.8 Å². The quantitative estimate of drug-likeness (QED) is 0.634. The summed E-state index contributed by atoms with van der Waals surface area (Å²) in [6, 6.07) is 10.4. The van der Waals surface area contributed by atoms with Crippen LogP contribution in [0.2, 0.25) is 0 Å². The molecule has 2 rings (SSSR count). The highest BCUT2D eigenvalue weighted by Gasteiger charge is 2.22. The molecule has 0 atom stereocenters. The van der Waals surface area contributed by atoms with Gasteiger partial charge in [-0.25, -0.2) is 0 Å². The van der Waals surface area contributed by atoms with Crippen molar-refractivity contribution in [2.24, 2.45) is 5.41 Å². The highest BCUT2D eigenvalue weighted by molar-refractivity contribution is 7.87. The lowest BCUT2D eigenvalue weighted by molar-refractivity contribution is -0.134. The van der Waals surface area contributed by atoms with Crippen LogP contribution in [-0.4, -0.2) is 25.0 Å². The Morgan fingerprint density at radius 3 is 2.30 bits per heavy atom. The van der Waals surface area contributed by atoms with Gasteiger partial charge in [0.1, 0.15) is 11.5 Å². The maximum Gasteiger partial charge on any atom is 0.308 e. The monoisotopic (exact) mass is 393 g/mol. The molecular weight excluding hydrogens is 366 g/mol. The van der Waals surface area contributed by atoms with Crippen molar-refractivity contribution in [1.29, 1.82) is 0 Å². The molecule has 6 nitrogen and oxygen atoms in total. The van der Waals surface area contributed by atoms with Gasteiger partial charge < -0.3 is 13.5 Å². The third-order valence-corrected chi connectivity index (χ3v) is 4.99. The van der Waals surface area contributed by atoms with E-state index < -0.39 is 10.1 Å². The molecule has 1 amide bonds. The van der Waals surface area contributed by atoms with E-state index in [2.05, 4.69) is 0 Å². The summed E-state index contributed by atoms with van der Waals surface area (Å²) in [5.74, 6) is 0.922. The molecule has 1 aromatic carbocycles. The average molecular weight is 394 g/mol. The number of rotatable bonds is 8. The van der Waals surface area contributed by atoms with Gasteiger partial charge in [0.25, 0.3) is 0 Å².